The number of hydrogen-bond donors (Lipinski definition) is 0. The predicted octanol–water partition coefficient (Wildman–Crippen LogP) is 3.60. The summed E-state index contributed by atoms with van der Waals surface area (Å²) in [5.74, 6) is 0.263. The van der Waals surface area contributed by atoms with Gasteiger partial charge in [0.15, 0.2) is 0 Å². The molecule has 0 aliphatic rings. The molecule has 5 nitrogen and oxygen atoms in total. The third-order valence-corrected chi connectivity index (χ3v) is 5.52. The molecule has 26 heavy (non-hydrogen) atoms. The lowest BCUT2D eigenvalue weighted by atomic mass is 10.1. The minimum absolute atomic E-state index is 0.0539. The van der Waals surface area contributed by atoms with Gasteiger partial charge in [0.25, 0.3) is 0 Å². The first-order valence-corrected chi connectivity index (χ1v) is 9.35. The second-order valence-electron chi connectivity index (χ2n) is 5.82. The fraction of sp³-hybridized carbons (Fsp3) is 0.333. The highest BCUT2D eigenvalue weighted by molar-refractivity contribution is 7.89. The smallest absolute Gasteiger partial charge is 0.387 e. The molecule has 0 saturated carbocycles. The van der Waals surface area contributed by atoms with Crippen LogP contribution in [0.15, 0.2) is 47.4 Å². The van der Waals surface area contributed by atoms with Gasteiger partial charge in [-0.25, -0.2) is 8.42 Å². The lowest BCUT2D eigenvalue weighted by Gasteiger charge is -2.19. The fourth-order valence-electron chi connectivity index (χ4n) is 2.45. The Hall–Kier alpha value is -2.19. The van der Waals surface area contributed by atoms with Crippen LogP contribution in [0.2, 0.25) is 0 Å². The van der Waals surface area contributed by atoms with Gasteiger partial charge in [0.2, 0.25) is 10.0 Å². The predicted molar refractivity (Wildman–Crippen MR) is 94.3 cm³/mol. The number of alkyl halides is 2. The highest BCUT2D eigenvalue weighted by atomic mass is 32.2. The van der Waals surface area contributed by atoms with Crippen molar-refractivity contribution in [3.63, 3.8) is 0 Å². The van der Waals surface area contributed by atoms with Crippen molar-refractivity contribution in [2.24, 2.45) is 0 Å². The summed E-state index contributed by atoms with van der Waals surface area (Å²) < 4.78 is 61.2. The Kier molecular flexibility index (Phi) is 6.55. The van der Waals surface area contributed by atoms with Crippen LogP contribution in [-0.2, 0) is 10.0 Å². The first kappa shape index (κ1) is 20.1. The molecule has 0 aliphatic heterocycles. The Bertz CT molecular complexity index is 836. The quantitative estimate of drug-likeness (QED) is 0.697. The van der Waals surface area contributed by atoms with Crippen molar-refractivity contribution in [3.8, 4) is 11.5 Å². The van der Waals surface area contributed by atoms with Crippen molar-refractivity contribution in [2.45, 2.75) is 25.4 Å². The van der Waals surface area contributed by atoms with Crippen molar-refractivity contribution in [1.29, 1.82) is 0 Å². The molecule has 2 rings (SSSR count). The molecule has 0 unspecified atom stereocenters. The fourth-order valence-corrected chi connectivity index (χ4v) is 3.72. The number of ether oxygens (including phenoxy) is 2. The zero-order chi connectivity index (χ0) is 19.3. The van der Waals surface area contributed by atoms with Crippen LogP contribution >= 0.6 is 0 Å². The Morgan fingerprint density at radius 3 is 2.31 bits per heavy atom. The van der Waals surface area contributed by atoms with Crippen LogP contribution in [0.3, 0.4) is 0 Å². The van der Waals surface area contributed by atoms with Crippen LogP contribution in [0.4, 0.5) is 8.78 Å². The molecular weight excluding hydrogens is 364 g/mol. The molecule has 0 fully saturated rings. The first-order valence-electron chi connectivity index (χ1n) is 7.91. The summed E-state index contributed by atoms with van der Waals surface area (Å²) in [6.07, 6.45) is 0. The number of hydrogen-bond acceptors (Lipinski definition) is 4. The minimum Gasteiger partial charge on any atom is -0.492 e. The molecule has 0 aromatic heterocycles. The molecule has 0 aliphatic carbocycles. The summed E-state index contributed by atoms with van der Waals surface area (Å²) in [5, 5.41) is 0. The van der Waals surface area contributed by atoms with Crippen LogP contribution in [0.25, 0.3) is 0 Å². The number of sulfonamides is 1. The number of para-hydroxylation sites is 1. The number of rotatable bonds is 8. The molecule has 2 aromatic carbocycles. The van der Waals surface area contributed by atoms with Crippen LogP contribution in [0.1, 0.15) is 11.1 Å². The van der Waals surface area contributed by atoms with Crippen molar-refractivity contribution >= 4 is 10.0 Å². The Morgan fingerprint density at radius 2 is 1.69 bits per heavy atom. The molecular formula is C18H21F2NO4S. The van der Waals surface area contributed by atoms with Gasteiger partial charge in [-0.3, -0.25) is 0 Å². The van der Waals surface area contributed by atoms with Gasteiger partial charge < -0.3 is 9.47 Å². The number of aryl methyl sites for hydroxylation is 2. The lowest BCUT2D eigenvalue weighted by Crippen LogP contribution is -2.31. The topological polar surface area (TPSA) is 55.8 Å². The van der Waals surface area contributed by atoms with E-state index in [0.29, 0.717) is 5.75 Å². The van der Waals surface area contributed by atoms with Crippen LogP contribution in [0, 0.1) is 13.8 Å². The standard InChI is InChI=1S/C18H21F2NO4S/c1-13-10-14(2)12-15(11-13)24-9-8-21(3)26(22,23)17-7-5-4-6-16(17)25-18(19)20/h4-7,10-12,18H,8-9H2,1-3H3. The molecule has 2 aromatic rings. The van der Waals surface area contributed by atoms with E-state index in [2.05, 4.69) is 4.74 Å². The van der Waals surface area contributed by atoms with Crippen molar-refractivity contribution in [3.05, 3.63) is 53.6 Å². The summed E-state index contributed by atoms with van der Waals surface area (Å²) in [5.41, 5.74) is 2.08. The molecule has 8 heteroatoms. The zero-order valence-electron chi connectivity index (χ0n) is 14.8. The van der Waals surface area contributed by atoms with Gasteiger partial charge in [0.05, 0.1) is 0 Å². The van der Waals surface area contributed by atoms with E-state index < -0.39 is 16.6 Å². The van der Waals surface area contributed by atoms with Gasteiger partial charge in [-0.15, -0.1) is 0 Å². The Labute approximate surface area is 152 Å². The molecule has 0 heterocycles. The summed E-state index contributed by atoms with van der Waals surface area (Å²) in [7, 11) is -2.63. The van der Waals surface area contributed by atoms with Gasteiger partial charge in [-0.2, -0.15) is 13.1 Å². The van der Waals surface area contributed by atoms with Gasteiger partial charge in [0.1, 0.15) is 23.0 Å². The van der Waals surface area contributed by atoms with Gasteiger partial charge in [0, 0.05) is 13.6 Å². The van der Waals surface area contributed by atoms with Gasteiger partial charge in [-0.05, 0) is 49.2 Å². The molecule has 0 bridgehead atoms. The third kappa shape index (κ3) is 5.15. The number of benzene rings is 2. The van der Waals surface area contributed by atoms with E-state index in [4.69, 9.17) is 4.74 Å². The van der Waals surface area contributed by atoms with Gasteiger partial charge in [-0.1, -0.05) is 18.2 Å². The number of halogens is 2. The Balaban J connectivity index is 2.07. The third-order valence-electron chi connectivity index (χ3n) is 3.62. The van der Waals surface area contributed by atoms with Crippen LogP contribution in [0.5, 0.6) is 11.5 Å². The van der Waals surface area contributed by atoms with Crippen LogP contribution in [-0.4, -0.2) is 39.5 Å². The average Bonchev–Trinajstić information content (AvgIpc) is 2.53. The molecule has 0 amide bonds. The zero-order valence-corrected chi connectivity index (χ0v) is 15.6. The normalized spacial score (nSPS) is 11.8. The van der Waals surface area contributed by atoms with E-state index >= 15 is 0 Å². The SMILES string of the molecule is Cc1cc(C)cc(OCCN(C)S(=O)(=O)c2ccccc2OC(F)F)c1. The maximum atomic E-state index is 12.6. The summed E-state index contributed by atoms with van der Waals surface area (Å²) in [6.45, 7) is 0.950. The lowest BCUT2D eigenvalue weighted by molar-refractivity contribution is -0.0517. The first-order chi connectivity index (χ1) is 12.2. The molecule has 0 spiro atoms. The van der Waals surface area contributed by atoms with Crippen molar-refractivity contribution in [2.75, 3.05) is 20.2 Å². The summed E-state index contributed by atoms with van der Waals surface area (Å²) in [4.78, 5) is -0.311. The van der Waals surface area contributed by atoms with Gasteiger partial charge >= 0.3 is 6.61 Å². The van der Waals surface area contributed by atoms with E-state index in [0.717, 1.165) is 15.4 Å². The molecule has 0 radical (unpaired) electrons. The van der Waals surface area contributed by atoms with Crippen LogP contribution < -0.4 is 9.47 Å². The highest BCUT2D eigenvalue weighted by Crippen LogP contribution is 2.27. The van der Waals surface area contributed by atoms with E-state index in [-0.39, 0.29) is 23.8 Å². The number of nitrogens with zero attached hydrogens (tertiary/aromatic N) is 1. The average molecular weight is 385 g/mol. The number of likely N-dealkylation sites (N-methyl/N-ethyl adjacent to an activating group) is 1. The summed E-state index contributed by atoms with van der Waals surface area (Å²) >= 11 is 0. The van der Waals surface area contributed by atoms with E-state index in [1.165, 1.54) is 31.3 Å². The van der Waals surface area contributed by atoms with Crippen molar-refractivity contribution < 1.29 is 26.7 Å². The largest absolute Gasteiger partial charge is 0.492 e. The Morgan fingerprint density at radius 1 is 1.08 bits per heavy atom. The molecule has 0 saturated heterocycles. The second-order valence-corrected chi connectivity index (χ2v) is 7.84. The minimum atomic E-state index is -3.99. The van der Waals surface area contributed by atoms with E-state index in [9.17, 15) is 17.2 Å². The molecule has 0 atom stereocenters. The molecule has 142 valence electrons. The van der Waals surface area contributed by atoms with Crippen molar-refractivity contribution in [1.82, 2.24) is 4.31 Å². The monoisotopic (exact) mass is 385 g/mol. The molecule has 0 N–H and O–H groups in total. The second kappa shape index (κ2) is 8.46. The maximum Gasteiger partial charge on any atom is 0.387 e. The maximum absolute atomic E-state index is 12.6. The van der Waals surface area contributed by atoms with E-state index in [1.807, 2.05) is 32.0 Å². The highest BCUT2D eigenvalue weighted by Gasteiger charge is 2.25. The van der Waals surface area contributed by atoms with E-state index in [1.54, 1.807) is 0 Å². The summed E-state index contributed by atoms with van der Waals surface area (Å²) in [6, 6.07) is 11.0.